The van der Waals surface area contributed by atoms with Gasteiger partial charge in [-0.05, 0) is 63.7 Å². The van der Waals surface area contributed by atoms with Crippen LogP contribution in [0.2, 0.25) is 0 Å². The Kier molecular flexibility index (Phi) is 9.33. The second-order valence-electron chi connectivity index (χ2n) is 7.45. The van der Waals surface area contributed by atoms with Crippen molar-refractivity contribution in [1.82, 2.24) is 10.6 Å². The Morgan fingerprint density at radius 3 is 2.58 bits per heavy atom. The molecule has 7 heteroatoms. The van der Waals surface area contributed by atoms with Crippen molar-refractivity contribution in [3.05, 3.63) is 0 Å². The Hall–Kier alpha value is -0.0500. The average molecular weight is 471 g/mol. The third kappa shape index (κ3) is 7.45. The highest BCUT2D eigenvalue weighted by Crippen LogP contribution is 2.49. The highest BCUT2D eigenvalue weighted by molar-refractivity contribution is 14.0. The molecular formula is C17H34IN3O2S. The van der Waals surface area contributed by atoms with E-state index in [0.29, 0.717) is 6.42 Å². The average Bonchev–Trinajstić information content (AvgIpc) is 3.07. The van der Waals surface area contributed by atoms with Crippen molar-refractivity contribution >= 4 is 39.8 Å². The van der Waals surface area contributed by atoms with Crippen LogP contribution in [0.5, 0.6) is 0 Å². The molecule has 2 rings (SSSR count). The third-order valence-corrected chi connectivity index (χ3v) is 6.28. The molecule has 2 saturated carbocycles. The van der Waals surface area contributed by atoms with Crippen LogP contribution in [0.15, 0.2) is 4.99 Å². The van der Waals surface area contributed by atoms with E-state index in [2.05, 4.69) is 15.6 Å². The SMILES string of the molecule is CCNC(=NCCC1CC2CCC1C2)NC(C)CCS(C)(=O)=O.I. The molecular weight excluding hydrogens is 437 g/mol. The molecule has 4 unspecified atom stereocenters. The Labute approximate surface area is 164 Å². The number of rotatable bonds is 8. The maximum atomic E-state index is 11.3. The highest BCUT2D eigenvalue weighted by atomic mass is 127. The Bertz CT molecular complexity index is 510. The minimum atomic E-state index is -2.90. The van der Waals surface area contributed by atoms with Crippen LogP contribution in [-0.2, 0) is 9.84 Å². The molecule has 0 radical (unpaired) electrons. The zero-order chi connectivity index (χ0) is 16.9. The van der Waals surface area contributed by atoms with Crippen LogP contribution >= 0.6 is 24.0 Å². The summed E-state index contributed by atoms with van der Waals surface area (Å²) >= 11 is 0. The van der Waals surface area contributed by atoms with Gasteiger partial charge in [-0.15, -0.1) is 24.0 Å². The normalized spacial score (nSPS) is 27.6. The van der Waals surface area contributed by atoms with Gasteiger partial charge in [0.15, 0.2) is 5.96 Å². The number of sulfone groups is 1. The minimum Gasteiger partial charge on any atom is -0.357 e. The first kappa shape index (κ1) is 22.0. The van der Waals surface area contributed by atoms with Gasteiger partial charge >= 0.3 is 0 Å². The van der Waals surface area contributed by atoms with Crippen LogP contribution in [0.4, 0.5) is 0 Å². The Morgan fingerprint density at radius 1 is 1.29 bits per heavy atom. The predicted octanol–water partition coefficient (Wildman–Crippen LogP) is 2.81. The molecule has 2 bridgehead atoms. The molecule has 4 atom stereocenters. The van der Waals surface area contributed by atoms with Crippen molar-refractivity contribution in [1.29, 1.82) is 0 Å². The molecule has 2 aliphatic rings. The van der Waals surface area contributed by atoms with Crippen molar-refractivity contribution in [3.63, 3.8) is 0 Å². The molecule has 2 fully saturated rings. The molecule has 24 heavy (non-hydrogen) atoms. The molecule has 0 amide bonds. The van der Waals surface area contributed by atoms with Gasteiger partial charge in [-0.2, -0.15) is 0 Å². The number of nitrogens with zero attached hydrogens (tertiary/aromatic N) is 1. The van der Waals surface area contributed by atoms with Gasteiger partial charge in [-0.3, -0.25) is 4.99 Å². The fraction of sp³-hybridized carbons (Fsp3) is 0.941. The lowest BCUT2D eigenvalue weighted by atomic mass is 9.86. The van der Waals surface area contributed by atoms with Gasteiger partial charge in [-0.1, -0.05) is 6.42 Å². The number of guanidine groups is 1. The first-order valence-corrected chi connectivity index (χ1v) is 11.2. The van der Waals surface area contributed by atoms with Gasteiger partial charge in [0.2, 0.25) is 0 Å². The molecule has 2 aliphatic carbocycles. The third-order valence-electron chi connectivity index (χ3n) is 5.30. The van der Waals surface area contributed by atoms with Crippen molar-refractivity contribution < 1.29 is 8.42 Å². The summed E-state index contributed by atoms with van der Waals surface area (Å²) in [5, 5.41) is 6.58. The van der Waals surface area contributed by atoms with Gasteiger partial charge < -0.3 is 10.6 Å². The van der Waals surface area contributed by atoms with Crippen LogP contribution in [0, 0.1) is 17.8 Å². The zero-order valence-corrected chi connectivity index (χ0v) is 18.4. The fourth-order valence-electron chi connectivity index (χ4n) is 4.09. The van der Waals surface area contributed by atoms with Crippen LogP contribution in [0.3, 0.4) is 0 Å². The number of hydrogen-bond acceptors (Lipinski definition) is 3. The molecule has 0 aromatic carbocycles. The lowest BCUT2D eigenvalue weighted by Crippen LogP contribution is -2.43. The minimum absolute atomic E-state index is 0. The maximum absolute atomic E-state index is 11.3. The van der Waals surface area contributed by atoms with E-state index in [9.17, 15) is 8.42 Å². The Balaban J connectivity index is 0.00000288. The van der Waals surface area contributed by atoms with Gasteiger partial charge in [0.05, 0.1) is 5.75 Å². The first-order valence-electron chi connectivity index (χ1n) is 9.10. The summed E-state index contributed by atoms with van der Waals surface area (Å²) in [6.45, 7) is 5.74. The zero-order valence-electron chi connectivity index (χ0n) is 15.3. The smallest absolute Gasteiger partial charge is 0.191 e. The van der Waals surface area contributed by atoms with Crippen molar-refractivity contribution in [2.24, 2.45) is 22.7 Å². The lowest BCUT2D eigenvalue weighted by Gasteiger charge is -2.21. The monoisotopic (exact) mass is 471 g/mol. The summed E-state index contributed by atoms with van der Waals surface area (Å²) in [4.78, 5) is 4.69. The number of hydrogen-bond donors (Lipinski definition) is 2. The highest BCUT2D eigenvalue weighted by Gasteiger charge is 2.38. The van der Waals surface area contributed by atoms with Crippen LogP contribution in [-0.4, -0.2) is 45.5 Å². The molecule has 142 valence electrons. The quantitative estimate of drug-likeness (QED) is 0.325. The number of halogens is 1. The van der Waals surface area contributed by atoms with E-state index >= 15 is 0 Å². The molecule has 0 aliphatic heterocycles. The second-order valence-corrected chi connectivity index (χ2v) is 9.71. The fourth-order valence-corrected chi connectivity index (χ4v) is 4.87. The van der Waals surface area contributed by atoms with Crippen molar-refractivity contribution in [3.8, 4) is 0 Å². The van der Waals surface area contributed by atoms with Crippen LogP contribution in [0.25, 0.3) is 0 Å². The van der Waals surface area contributed by atoms with E-state index in [0.717, 1.165) is 36.8 Å². The molecule has 0 spiro atoms. The molecule has 5 nitrogen and oxygen atoms in total. The summed E-state index contributed by atoms with van der Waals surface area (Å²) in [5.74, 6) is 3.86. The molecule has 0 aromatic heterocycles. The second kappa shape index (κ2) is 10.2. The number of aliphatic imine (C=N–C) groups is 1. The van der Waals surface area contributed by atoms with E-state index < -0.39 is 9.84 Å². The maximum Gasteiger partial charge on any atom is 0.191 e. The van der Waals surface area contributed by atoms with Crippen LogP contribution < -0.4 is 10.6 Å². The Morgan fingerprint density at radius 2 is 2.04 bits per heavy atom. The lowest BCUT2D eigenvalue weighted by molar-refractivity contribution is 0.318. The summed E-state index contributed by atoms with van der Waals surface area (Å²) in [7, 11) is -2.90. The first-order chi connectivity index (χ1) is 10.9. The molecule has 2 N–H and O–H groups in total. The van der Waals surface area contributed by atoms with E-state index in [1.54, 1.807) is 0 Å². The van der Waals surface area contributed by atoms with Crippen molar-refractivity contribution in [2.75, 3.05) is 25.1 Å². The van der Waals surface area contributed by atoms with E-state index in [4.69, 9.17) is 0 Å². The van der Waals surface area contributed by atoms with E-state index in [1.807, 2.05) is 13.8 Å². The van der Waals surface area contributed by atoms with Gasteiger partial charge in [-0.25, -0.2) is 8.42 Å². The summed E-state index contributed by atoms with van der Waals surface area (Å²) in [6.07, 6.45) is 8.83. The predicted molar refractivity (Wildman–Crippen MR) is 112 cm³/mol. The topological polar surface area (TPSA) is 70.6 Å². The van der Waals surface area contributed by atoms with Crippen LogP contribution in [0.1, 0.15) is 52.4 Å². The molecule has 0 saturated heterocycles. The standard InChI is InChI=1S/C17H33N3O2S.HI/c1-4-18-17(20-13(2)8-10-23(3,21)22)19-9-7-16-12-14-5-6-15(16)11-14;/h13-16H,4-12H2,1-3H3,(H2,18,19,20);1H. The largest absolute Gasteiger partial charge is 0.357 e. The van der Waals surface area contributed by atoms with Gasteiger partial charge in [0.25, 0.3) is 0 Å². The molecule has 0 aromatic rings. The van der Waals surface area contributed by atoms with E-state index in [1.165, 1.54) is 38.4 Å². The summed E-state index contributed by atoms with van der Waals surface area (Å²) in [6, 6.07) is 0.102. The molecule has 0 heterocycles. The van der Waals surface area contributed by atoms with Gasteiger partial charge in [0, 0.05) is 25.4 Å². The summed E-state index contributed by atoms with van der Waals surface area (Å²) in [5.41, 5.74) is 0. The van der Waals surface area contributed by atoms with Crippen molar-refractivity contribution in [2.45, 2.75) is 58.4 Å². The summed E-state index contributed by atoms with van der Waals surface area (Å²) < 4.78 is 22.5. The van der Waals surface area contributed by atoms with E-state index in [-0.39, 0.29) is 35.8 Å². The number of fused-ring (bicyclic) bond motifs is 2. The number of nitrogens with one attached hydrogen (secondary N) is 2. The van der Waals surface area contributed by atoms with Gasteiger partial charge in [0.1, 0.15) is 9.84 Å².